The Morgan fingerprint density at radius 3 is 1.87 bits per heavy atom. The van der Waals surface area contributed by atoms with Crippen LogP contribution in [-0.4, -0.2) is 30.1 Å². The zero-order valence-corrected chi connectivity index (χ0v) is 15.2. The summed E-state index contributed by atoms with van der Waals surface area (Å²) in [5, 5.41) is 0. The Balaban J connectivity index is 2.25. The second-order valence-electron chi connectivity index (χ2n) is 6.09. The molecule has 2 rings (SSSR count). The summed E-state index contributed by atoms with van der Waals surface area (Å²) in [5.41, 5.74) is 6.71. The molecule has 0 N–H and O–H groups in total. The van der Waals surface area contributed by atoms with Gasteiger partial charge in [-0.25, -0.2) is 0 Å². The van der Waals surface area contributed by atoms with Crippen LogP contribution in [0.15, 0.2) is 24.3 Å². The summed E-state index contributed by atoms with van der Waals surface area (Å²) in [4.78, 5) is 13.8. The van der Waals surface area contributed by atoms with Crippen molar-refractivity contribution in [2.24, 2.45) is 0 Å². The fourth-order valence-electron chi connectivity index (χ4n) is 2.94. The van der Waals surface area contributed by atoms with Gasteiger partial charge in [0, 0.05) is 48.6 Å². The van der Waals surface area contributed by atoms with Crippen molar-refractivity contribution in [2.45, 2.75) is 41.2 Å². The Bertz CT molecular complexity index is 642. The lowest BCUT2D eigenvalue weighted by Gasteiger charge is -2.24. The van der Waals surface area contributed by atoms with Crippen LogP contribution in [0.2, 0.25) is 0 Å². The zero-order chi connectivity index (χ0) is 17.0. The molecule has 0 spiro atoms. The van der Waals surface area contributed by atoms with Gasteiger partial charge in [-0.1, -0.05) is 0 Å². The Morgan fingerprint density at radius 1 is 0.783 bits per heavy atom. The highest BCUT2D eigenvalue weighted by Crippen LogP contribution is 2.20. The minimum Gasteiger partial charge on any atom is -0.372 e. The molecule has 0 saturated carbocycles. The summed E-state index contributed by atoms with van der Waals surface area (Å²) in [6, 6.07) is 8.61. The van der Waals surface area contributed by atoms with Crippen molar-refractivity contribution in [2.75, 3.05) is 29.9 Å². The molecule has 0 bridgehead atoms. The van der Waals surface area contributed by atoms with E-state index < -0.39 is 0 Å². The minimum absolute atomic E-state index is 0.791. The number of pyridine rings is 2. The first-order valence-corrected chi connectivity index (χ1v) is 8.31. The number of nitrogens with zero attached hydrogens (tertiary/aromatic N) is 4. The van der Waals surface area contributed by atoms with Crippen LogP contribution in [0.4, 0.5) is 11.4 Å². The van der Waals surface area contributed by atoms with E-state index in [-0.39, 0.29) is 0 Å². The number of hydrogen-bond acceptors (Lipinski definition) is 4. The van der Waals surface area contributed by atoms with Crippen molar-refractivity contribution >= 4 is 11.4 Å². The maximum atomic E-state index is 4.71. The SMILES string of the molecule is CCN(CC)c1cc(C)nc(CN(C)c2cc(C)nc(C)c2)c1. The molecular weight excluding hydrogens is 284 g/mol. The first-order chi connectivity index (χ1) is 10.9. The lowest BCUT2D eigenvalue weighted by atomic mass is 10.2. The Kier molecular flexibility index (Phi) is 5.59. The van der Waals surface area contributed by atoms with Gasteiger partial charge in [0.15, 0.2) is 0 Å². The monoisotopic (exact) mass is 312 g/mol. The van der Waals surface area contributed by atoms with Crippen LogP contribution < -0.4 is 9.80 Å². The van der Waals surface area contributed by atoms with Crippen LogP contribution in [0, 0.1) is 20.8 Å². The smallest absolute Gasteiger partial charge is 0.0620 e. The number of aromatic nitrogens is 2. The van der Waals surface area contributed by atoms with Crippen LogP contribution in [-0.2, 0) is 6.54 Å². The topological polar surface area (TPSA) is 32.3 Å². The maximum absolute atomic E-state index is 4.71. The van der Waals surface area contributed by atoms with Crippen molar-refractivity contribution in [1.82, 2.24) is 9.97 Å². The summed E-state index contributed by atoms with van der Waals surface area (Å²) < 4.78 is 0. The van der Waals surface area contributed by atoms with Gasteiger partial charge in [0.1, 0.15) is 0 Å². The number of aryl methyl sites for hydroxylation is 3. The van der Waals surface area contributed by atoms with Gasteiger partial charge in [0.2, 0.25) is 0 Å². The molecule has 0 unspecified atom stereocenters. The normalized spacial score (nSPS) is 10.7. The fraction of sp³-hybridized carbons (Fsp3) is 0.474. The van der Waals surface area contributed by atoms with Crippen molar-refractivity contribution in [3.8, 4) is 0 Å². The predicted molar refractivity (Wildman–Crippen MR) is 98.4 cm³/mol. The van der Waals surface area contributed by atoms with Gasteiger partial charge in [-0.3, -0.25) is 9.97 Å². The fourth-order valence-corrected chi connectivity index (χ4v) is 2.94. The van der Waals surface area contributed by atoms with E-state index in [4.69, 9.17) is 4.98 Å². The molecule has 0 amide bonds. The van der Waals surface area contributed by atoms with Crippen LogP contribution in [0.5, 0.6) is 0 Å². The van der Waals surface area contributed by atoms with E-state index in [1.807, 2.05) is 13.8 Å². The quantitative estimate of drug-likeness (QED) is 0.810. The Hall–Kier alpha value is -2.10. The van der Waals surface area contributed by atoms with Gasteiger partial charge in [-0.05, 0) is 58.9 Å². The number of hydrogen-bond donors (Lipinski definition) is 0. The molecule has 0 atom stereocenters. The summed E-state index contributed by atoms with van der Waals surface area (Å²) in [7, 11) is 2.11. The zero-order valence-electron chi connectivity index (χ0n) is 15.2. The summed E-state index contributed by atoms with van der Waals surface area (Å²) in [6.07, 6.45) is 0. The van der Waals surface area contributed by atoms with Gasteiger partial charge in [0.25, 0.3) is 0 Å². The second kappa shape index (κ2) is 7.44. The molecule has 2 aromatic rings. The predicted octanol–water partition coefficient (Wildman–Crippen LogP) is 3.88. The van der Waals surface area contributed by atoms with Crippen LogP contribution in [0.3, 0.4) is 0 Å². The molecule has 0 saturated heterocycles. The van der Waals surface area contributed by atoms with Crippen molar-refractivity contribution < 1.29 is 0 Å². The molecule has 0 fully saturated rings. The first-order valence-electron chi connectivity index (χ1n) is 8.31. The van der Waals surface area contributed by atoms with Gasteiger partial charge < -0.3 is 9.80 Å². The molecule has 2 aromatic heterocycles. The van der Waals surface area contributed by atoms with Gasteiger partial charge >= 0.3 is 0 Å². The van der Waals surface area contributed by atoms with Crippen molar-refractivity contribution in [3.63, 3.8) is 0 Å². The molecule has 23 heavy (non-hydrogen) atoms. The summed E-state index contributed by atoms with van der Waals surface area (Å²) in [5.74, 6) is 0. The number of anilines is 2. The molecule has 4 heteroatoms. The van der Waals surface area contributed by atoms with Crippen LogP contribution in [0.1, 0.15) is 36.6 Å². The summed E-state index contributed by atoms with van der Waals surface area (Å²) in [6.45, 7) is 13.3. The van der Waals surface area contributed by atoms with E-state index in [1.54, 1.807) is 0 Å². The third kappa shape index (κ3) is 4.44. The first kappa shape index (κ1) is 17.3. The molecule has 0 aliphatic heterocycles. The molecule has 0 aliphatic rings. The average Bonchev–Trinajstić information content (AvgIpc) is 2.47. The van der Waals surface area contributed by atoms with E-state index in [2.05, 4.69) is 66.9 Å². The molecule has 2 heterocycles. The average molecular weight is 312 g/mol. The van der Waals surface area contributed by atoms with Crippen LogP contribution in [0.25, 0.3) is 0 Å². The van der Waals surface area contributed by atoms with Crippen molar-refractivity contribution in [3.05, 3.63) is 47.0 Å². The highest BCUT2D eigenvalue weighted by Gasteiger charge is 2.09. The molecule has 0 aromatic carbocycles. The maximum Gasteiger partial charge on any atom is 0.0620 e. The third-order valence-electron chi connectivity index (χ3n) is 4.03. The highest BCUT2D eigenvalue weighted by atomic mass is 15.1. The van der Waals surface area contributed by atoms with Gasteiger partial charge in [-0.15, -0.1) is 0 Å². The van der Waals surface area contributed by atoms with E-state index in [0.29, 0.717) is 0 Å². The lowest BCUT2D eigenvalue weighted by Crippen LogP contribution is -2.23. The minimum atomic E-state index is 0.791. The van der Waals surface area contributed by atoms with Crippen molar-refractivity contribution in [1.29, 1.82) is 0 Å². The summed E-state index contributed by atoms with van der Waals surface area (Å²) >= 11 is 0. The molecule has 0 radical (unpaired) electrons. The van der Waals surface area contributed by atoms with Gasteiger partial charge in [-0.2, -0.15) is 0 Å². The highest BCUT2D eigenvalue weighted by molar-refractivity contribution is 5.51. The number of rotatable bonds is 6. The second-order valence-corrected chi connectivity index (χ2v) is 6.09. The largest absolute Gasteiger partial charge is 0.372 e. The molecular formula is C19H28N4. The Labute approximate surface area is 140 Å². The standard InChI is InChI=1S/C19H28N4/c1-7-23(8-2)19-11-16(5)21-17(12-19)13-22(6)18-9-14(3)20-15(4)10-18/h9-12H,7-8,13H2,1-6H3. The third-order valence-corrected chi connectivity index (χ3v) is 4.03. The van der Waals surface area contributed by atoms with E-state index in [9.17, 15) is 0 Å². The Morgan fingerprint density at radius 2 is 1.30 bits per heavy atom. The van der Waals surface area contributed by atoms with E-state index in [0.717, 1.165) is 42.4 Å². The van der Waals surface area contributed by atoms with E-state index in [1.165, 1.54) is 11.4 Å². The lowest BCUT2D eigenvalue weighted by molar-refractivity contribution is 0.842. The van der Waals surface area contributed by atoms with Crippen LogP contribution >= 0.6 is 0 Å². The van der Waals surface area contributed by atoms with E-state index >= 15 is 0 Å². The molecule has 124 valence electrons. The molecule has 4 nitrogen and oxygen atoms in total. The van der Waals surface area contributed by atoms with Gasteiger partial charge in [0.05, 0.1) is 12.2 Å². The molecule has 0 aliphatic carbocycles.